The molecule has 4 aliphatic rings. The Morgan fingerprint density at radius 3 is 2.58 bits per heavy atom. The van der Waals surface area contributed by atoms with Crippen LogP contribution >= 0.6 is 0 Å². The summed E-state index contributed by atoms with van der Waals surface area (Å²) < 4.78 is 0. The Morgan fingerprint density at radius 2 is 1.84 bits per heavy atom. The van der Waals surface area contributed by atoms with E-state index in [2.05, 4.69) is 10.7 Å². The van der Waals surface area contributed by atoms with Gasteiger partial charge < -0.3 is 10.2 Å². The Labute approximate surface area is 182 Å². The lowest BCUT2D eigenvalue weighted by atomic mass is 9.75. The summed E-state index contributed by atoms with van der Waals surface area (Å²) in [5.74, 6) is -0.239. The number of fused-ring (bicyclic) bond motifs is 3. The summed E-state index contributed by atoms with van der Waals surface area (Å²) in [5.41, 5.74) is 4.19. The minimum absolute atomic E-state index is 0.0698. The van der Waals surface area contributed by atoms with Gasteiger partial charge in [-0.25, -0.2) is 4.79 Å². The molecule has 0 aromatic heterocycles. The van der Waals surface area contributed by atoms with Crippen LogP contribution in [-0.4, -0.2) is 58.1 Å². The zero-order chi connectivity index (χ0) is 21.5. The smallest absolute Gasteiger partial charge is 0.337 e. The molecule has 1 aromatic carbocycles. The van der Waals surface area contributed by atoms with Gasteiger partial charge in [-0.3, -0.25) is 19.5 Å². The van der Waals surface area contributed by atoms with E-state index in [4.69, 9.17) is 0 Å². The number of nitrogens with one attached hydrogen (secondary N) is 2. The molecular weight excluding hydrogens is 394 g/mol. The predicted octanol–water partition coefficient (Wildman–Crippen LogP) is 2.03. The first kappa shape index (κ1) is 20.3. The van der Waals surface area contributed by atoms with E-state index in [-0.39, 0.29) is 41.8 Å². The van der Waals surface area contributed by atoms with Crippen molar-refractivity contribution in [3.8, 4) is 0 Å². The minimum atomic E-state index is -0.511. The van der Waals surface area contributed by atoms with E-state index in [0.29, 0.717) is 25.8 Å². The molecule has 2 saturated heterocycles. The van der Waals surface area contributed by atoms with E-state index in [1.165, 1.54) is 17.9 Å². The van der Waals surface area contributed by atoms with Gasteiger partial charge in [-0.15, -0.1) is 0 Å². The van der Waals surface area contributed by atoms with Crippen LogP contribution in [0, 0.1) is 11.8 Å². The molecule has 2 N–H and O–H groups in total. The van der Waals surface area contributed by atoms with E-state index >= 15 is 0 Å². The van der Waals surface area contributed by atoms with Crippen LogP contribution in [0.15, 0.2) is 30.3 Å². The lowest BCUT2D eigenvalue weighted by molar-refractivity contribution is -0.159. The van der Waals surface area contributed by atoms with Crippen molar-refractivity contribution in [1.82, 2.24) is 25.6 Å². The van der Waals surface area contributed by atoms with Crippen molar-refractivity contribution in [2.24, 2.45) is 11.8 Å². The zero-order valence-electron chi connectivity index (χ0n) is 18.0. The number of hydrogen-bond donors (Lipinski definition) is 2. The third kappa shape index (κ3) is 3.67. The van der Waals surface area contributed by atoms with Gasteiger partial charge in [0.05, 0.1) is 5.92 Å². The average Bonchev–Trinajstić information content (AvgIpc) is 3.39. The molecule has 4 fully saturated rings. The topological polar surface area (TPSA) is 85.0 Å². The molecule has 0 bridgehead atoms. The maximum atomic E-state index is 13.5. The number of urea groups is 1. The number of rotatable bonds is 4. The van der Waals surface area contributed by atoms with E-state index in [1.807, 2.05) is 30.3 Å². The second-order valence-corrected chi connectivity index (χ2v) is 9.38. The molecule has 2 aliphatic heterocycles. The minimum Gasteiger partial charge on any atom is -0.353 e. The van der Waals surface area contributed by atoms with E-state index < -0.39 is 6.29 Å². The Hall–Kier alpha value is -2.61. The fourth-order valence-corrected chi connectivity index (χ4v) is 5.76. The number of hydrazine groups is 1. The number of hydrogen-bond acceptors (Lipinski definition) is 4. The standard InChI is InChI=1S/C23H31N5O3/c1-26-23(31)28-19-13-16(20(29)24-17-9-5-6-10-17)11-12-18(19)21(30)27(22(28)25-26)14-15-7-3-2-4-8-15/h2-4,7-8,16-19,22,25H,5-6,9-14H2,1H3,(H,24,29). The highest BCUT2D eigenvalue weighted by Gasteiger charge is 2.55. The van der Waals surface area contributed by atoms with E-state index in [9.17, 15) is 14.4 Å². The Balaban J connectivity index is 1.36. The molecule has 0 spiro atoms. The maximum absolute atomic E-state index is 13.5. The molecule has 166 valence electrons. The quantitative estimate of drug-likeness (QED) is 0.773. The summed E-state index contributed by atoms with van der Waals surface area (Å²) in [6, 6.07) is 9.75. The molecule has 8 nitrogen and oxygen atoms in total. The van der Waals surface area contributed by atoms with Crippen molar-refractivity contribution in [2.75, 3.05) is 7.05 Å². The summed E-state index contributed by atoms with van der Waals surface area (Å²) in [6.45, 7) is 0.448. The molecule has 4 amide bonds. The van der Waals surface area contributed by atoms with Crippen LogP contribution < -0.4 is 10.7 Å². The second-order valence-electron chi connectivity index (χ2n) is 9.38. The number of carbonyl (C=O) groups is 3. The summed E-state index contributed by atoms with van der Waals surface area (Å²) >= 11 is 0. The second kappa shape index (κ2) is 8.15. The highest BCUT2D eigenvalue weighted by atomic mass is 16.2. The first-order valence-corrected chi connectivity index (χ1v) is 11.5. The monoisotopic (exact) mass is 425 g/mol. The Bertz CT molecular complexity index is 856. The van der Waals surface area contributed by atoms with Crippen molar-refractivity contribution in [2.45, 2.75) is 69.9 Å². The Morgan fingerprint density at radius 1 is 1.10 bits per heavy atom. The van der Waals surface area contributed by atoms with Crippen molar-refractivity contribution in [1.29, 1.82) is 0 Å². The molecule has 2 saturated carbocycles. The van der Waals surface area contributed by atoms with Crippen molar-refractivity contribution in [3.05, 3.63) is 35.9 Å². The average molecular weight is 426 g/mol. The van der Waals surface area contributed by atoms with Gasteiger partial charge in [0.25, 0.3) is 0 Å². The molecule has 0 radical (unpaired) electrons. The third-order valence-corrected chi connectivity index (χ3v) is 7.42. The van der Waals surface area contributed by atoms with Gasteiger partial charge in [0, 0.05) is 31.6 Å². The van der Waals surface area contributed by atoms with Gasteiger partial charge in [-0.05, 0) is 37.7 Å². The van der Waals surface area contributed by atoms with Gasteiger partial charge in [-0.1, -0.05) is 43.2 Å². The molecule has 2 aliphatic carbocycles. The summed E-state index contributed by atoms with van der Waals surface area (Å²) in [5, 5.41) is 4.67. The predicted molar refractivity (Wildman–Crippen MR) is 114 cm³/mol. The first-order chi connectivity index (χ1) is 15.0. The lowest BCUT2D eigenvalue weighted by Crippen LogP contribution is -2.66. The van der Waals surface area contributed by atoms with E-state index in [0.717, 1.165) is 18.4 Å². The number of nitrogens with zero attached hydrogens (tertiary/aromatic N) is 3. The lowest BCUT2D eigenvalue weighted by Gasteiger charge is -2.49. The van der Waals surface area contributed by atoms with Crippen LogP contribution in [0.3, 0.4) is 0 Å². The highest BCUT2D eigenvalue weighted by molar-refractivity contribution is 5.86. The molecule has 8 heteroatoms. The van der Waals surface area contributed by atoms with E-state index in [1.54, 1.807) is 16.8 Å². The van der Waals surface area contributed by atoms with Gasteiger partial charge >= 0.3 is 6.03 Å². The van der Waals surface area contributed by atoms with Crippen LogP contribution in [0.1, 0.15) is 50.5 Å². The molecule has 1 aromatic rings. The molecule has 31 heavy (non-hydrogen) atoms. The number of carbonyl (C=O) groups excluding carboxylic acids is 3. The van der Waals surface area contributed by atoms with Crippen molar-refractivity contribution in [3.63, 3.8) is 0 Å². The van der Waals surface area contributed by atoms with Crippen molar-refractivity contribution >= 4 is 17.8 Å². The number of benzene rings is 1. The SMILES string of the molecule is CN1NC2N(Cc3ccccc3)C(=O)C3CCC(C(=O)NC4CCCC4)CC3N2C1=O. The highest BCUT2D eigenvalue weighted by Crippen LogP contribution is 2.40. The number of amides is 4. The van der Waals surface area contributed by atoms with Crippen LogP contribution in [0.25, 0.3) is 0 Å². The fraction of sp³-hybridized carbons (Fsp3) is 0.609. The maximum Gasteiger partial charge on any atom is 0.337 e. The third-order valence-electron chi connectivity index (χ3n) is 7.42. The summed E-state index contributed by atoms with van der Waals surface area (Å²) in [6.07, 6.45) is 5.83. The van der Waals surface area contributed by atoms with Crippen LogP contribution in [0.2, 0.25) is 0 Å². The van der Waals surface area contributed by atoms with Crippen LogP contribution in [0.4, 0.5) is 4.79 Å². The van der Waals surface area contributed by atoms with Gasteiger partial charge in [0.15, 0.2) is 6.29 Å². The van der Waals surface area contributed by atoms with Gasteiger partial charge in [-0.2, -0.15) is 5.43 Å². The van der Waals surface area contributed by atoms with Crippen LogP contribution in [0.5, 0.6) is 0 Å². The molecular formula is C23H31N5O3. The fourth-order valence-electron chi connectivity index (χ4n) is 5.76. The normalized spacial score (nSPS) is 31.1. The summed E-state index contributed by atoms with van der Waals surface area (Å²) in [7, 11) is 1.69. The summed E-state index contributed by atoms with van der Waals surface area (Å²) in [4.78, 5) is 43.0. The van der Waals surface area contributed by atoms with Gasteiger partial charge in [0.1, 0.15) is 0 Å². The zero-order valence-corrected chi connectivity index (χ0v) is 18.0. The molecule has 4 atom stereocenters. The van der Waals surface area contributed by atoms with Gasteiger partial charge in [0.2, 0.25) is 11.8 Å². The largest absolute Gasteiger partial charge is 0.353 e. The molecule has 4 unspecified atom stereocenters. The molecule has 2 heterocycles. The van der Waals surface area contributed by atoms with Crippen LogP contribution in [-0.2, 0) is 16.1 Å². The van der Waals surface area contributed by atoms with Crippen molar-refractivity contribution < 1.29 is 14.4 Å². The Kier molecular flexibility index (Phi) is 5.33. The molecule has 5 rings (SSSR count). The first-order valence-electron chi connectivity index (χ1n) is 11.5.